The normalized spacial score (nSPS) is 18.7. The van der Waals surface area contributed by atoms with Crippen LogP contribution >= 0.6 is 11.8 Å². The Morgan fingerprint density at radius 2 is 1.54 bits per heavy atom. The van der Waals surface area contributed by atoms with Crippen LogP contribution in [0.15, 0.2) is 53.9 Å². The van der Waals surface area contributed by atoms with Gasteiger partial charge >= 0.3 is 24.3 Å². The number of carboxylic acid groups (broad SMARTS) is 2. The Labute approximate surface area is 222 Å². The van der Waals surface area contributed by atoms with Crippen molar-refractivity contribution in [3.05, 3.63) is 54.6 Å². The Morgan fingerprint density at radius 1 is 1.00 bits per heavy atom. The van der Waals surface area contributed by atoms with Crippen LogP contribution in [0.5, 0.6) is 0 Å². The van der Waals surface area contributed by atoms with Crippen molar-refractivity contribution in [3.63, 3.8) is 0 Å². The lowest BCUT2D eigenvalue weighted by Crippen LogP contribution is -2.60. The van der Waals surface area contributed by atoms with Gasteiger partial charge in [0.15, 0.2) is 0 Å². The van der Waals surface area contributed by atoms with Crippen molar-refractivity contribution in [2.45, 2.75) is 41.1 Å². The van der Waals surface area contributed by atoms with Gasteiger partial charge in [0.25, 0.3) is 0 Å². The molecule has 216 valence electrons. The van der Waals surface area contributed by atoms with Crippen LogP contribution in [0.3, 0.4) is 0 Å². The standard InChI is InChI=1S/C17H19N3O3S2.2C2HF3O2/c21-25(22,16-2-1-5-19-9-16)20-12-17(13-20)8-15(11-24-17)23-10-14-3-6-18-7-4-14;2*3-2(4,5)1(6)7/h1-7,9,15H,8,10-13H2;2*(H,6,7). The molecule has 0 aromatic carbocycles. The van der Waals surface area contributed by atoms with Crippen LogP contribution in [-0.4, -0.2) is 86.9 Å². The molecule has 2 aromatic rings. The summed E-state index contributed by atoms with van der Waals surface area (Å²) >= 11 is 1.83. The van der Waals surface area contributed by atoms with Crippen LogP contribution < -0.4 is 0 Å². The molecule has 0 amide bonds. The third-order valence-electron chi connectivity index (χ3n) is 5.10. The summed E-state index contributed by atoms with van der Waals surface area (Å²) in [6.07, 6.45) is -2.60. The van der Waals surface area contributed by atoms with E-state index in [0.717, 1.165) is 17.7 Å². The first-order chi connectivity index (χ1) is 18.0. The highest BCUT2D eigenvalue weighted by Gasteiger charge is 2.53. The molecular formula is C21H21F6N3O7S2. The summed E-state index contributed by atoms with van der Waals surface area (Å²) in [5.74, 6) is -4.61. The van der Waals surface area contributed by atoms with E-state index >= 15 is 0 Å². The summed E-state index contributed by atoms with van der Waals surface area (Å²) in [6, 6.07) is 7.14. The third kappa shape index (κ3) is 9.63. The predicted octanol–water partition coefficient (Wildman–Crippen LogP) is 3.21. The molecule has 0 bridgehead atoms. The molecule has 4 rings (SSSR count). The van der Waals surface area contributed by atoms with E-state index in [2.05, 4.69) is 9.97 Å². The lowest BCUT2D eigenvalue weighted by molar-refractivity contribution is -0.193. The van der Waals surface area contributed by atoms with Gasteiger partial charge in [-0.3, -0.25) is 9.97 Å². The first-order valence-electron chi connectivity index (χ1n) is 10.6. The molecule has 2 N–H and O–H groups in total. The van der Waals surface area contributed by atoms with Crippen LogP contribution in [0.2, 0.25) is 0 Å². The number of hydrogen-bond donors (Lipinski definition) is 2. The lowest BCUT2D eigenvalue weighted by Gasteiger charge is -2.46. The minimum absolute atomic E-state index is 0.00180. The average Bonchev–Trinajstić information content (AvgIpc) is 3.28. The fourth-order valence-electron chi connectivity index (χ4n) is 3.24. The smallest absolute Gasteiger partial charge is 0.475 e. The van der Waals surface area contributed by atoms with Gasteiger partial charge in [-0.15, -0.1) is 11.8 Å². The number of hydrogen-bond acceptors (Lipinski definition) is 8. The van der Waals surface area contributed by atoms with Gasteiger partial charge in [0.05, 0.1) is 12.7 Å². The summed E-state index contributed by atoms with van der Waals surface area (Å²) in [4.78, 5) is 26.0. The highest BCUT2D eigenvalue weighted by Crippen LogP contribution is 2.47. The second-order valence-corrected chi connectivity index (χ2v) is 11.5. The Bertz CT molecular complexity index is 1190. The molecule has 39 heavy (non-hydrogen) atoms. The minimum atomic E-state index is -5.08. The first-order valence-corrected chi connectivity index (χ1v) is 13.0. The number of carboxylic acids is 2. The molecule has 2 fully saturated rings. The molecule has 10 nitrogen and oxygen atoms in total. The largest absolute Gasteiger partial charge is 0.490 e. The van der Waals surface area contributed by atoms with Gasteiger partial charge in [0, 0.05) is 48.4 Å². The number of halogens is 6. The Balaban J connectivity index is 0.000000317. The fourth-order valence-corrected chi connectivity index (χ4v) is 6.53. The molecule has 4 heterocycles. The van der Waals surface area contributed by atoms with Gasteiger partial charge in [-0.2, -0.15) is 30.6 Å². The SMILES string of the molecule is O=C(O)C(F)(F)F.O=C(O)C(F)(F)F.O=S(=O)(c1cccnc1)N1CC2(CC(OCc3ccncc3)CS2)C1. The highest BCUT2D eigenvalue weighted by molar-refractivity contribution is 8.01. The number of thioether (sulfide) groups is 1. The van der Waals surface area contributed by atoms with E-state index in [-0.39, 0.29) is 15.7 Å². The predicted molar refractivity (Wildman–Crippen MR) is 123 cm³/mol. The van der Waals surface area contributed by atoms with Gasteiger partial charge in [-0.25, -0.2) is 18.0 Å². The Morgan fingerprint density at radius 3 is 2.00 bits per heavy atom. The maximum Gasteiger partial charge on any atom is 0.490 e. The van der Waals surface area contributed by atoms with Crippen LogP contribution in [0.25, 0.3) is 0 Å². The zero-order valence-electron chi connectivity index (χ0n) is 19.6. The van der Waals surface area contributed by atoms with E-state index in [1.54, 1.807) is 35.0 Å². The third-order valence-corrected chi connectivity index (χ3v) is 8.45. The maximum absolute atomic E-state index is 12.6. The highest BCUT2D eigenvalue weighted by atomic mass is 32.2. The molecule has 2 aliphatic rings. The quantitative estimate of drug-likeness (QED) is 0.487. The van der Waals surface area contributed by atoms with Gasteiger partial charge in [-0.1, -0.05) is 0 Å². The van der Waals surface area contributed by atoms with Crippen molar-refractivity contribution >= 4 is 33.7 Å². The van der Waals surface area contributed by atoms with Crippen LogP contribution in [-0.2, 0) is 31.0 Å². The van der Waals surface area contributed by atoms with E-state index in [0.29, 0.717) is 19.7 Å². The van der Waals surface area contributed by atoms with Crippen molar-refractivity contribution in [1.82, 2.24) is 14.3 Å². The maximum atomic E-state index is 12.6. The van der Waals surface area contributed by atoms with E-state index in [1.807, 2.05) is 23.9 Å². The van der Waals surface area contributed by atoms with Crippen LogP contribution in [0.1, 0.15) is 12.0 Å². The number of pyridine rings is 2. The summed E-state index contributed by atoms with van der Waals surface area (Å²) in [6.45, 7) is 1.66. The zero-order valence-corrected chi connectivity index (χ0v) is 21.2. The van der Waals surface area contributed by atoms with Gasteiger partial charge in [0.1, 0.15) is 4.90 Å². The molecule has 2 aliphatic heterocycles. The average molecular weight is 606 g/mol. The number of rotatable bonds is 5. The van der Waals surface area contributed by atoms with E-state index in [4.69, 9.17) is 24.5 Å². The van der Waals surface area contributed by atoms with E-state index in [9.17, 15) is 34.8 Å². The monoisotopic (exact) mass is 605 g/mol. The molecule has 18 heteroatoms. The van der Waals surface area contributed by atoms with Crippen molar-refractivity contribution in [2.75, 3.05) is 18.8 Å². The zero-order chi connectivity index (χ0) is 29.5. The fraction of sp³-hybridized carbons (Fsp3) is 0.429. The Hall–Kier alpha value is -2.96. The van der Waals surface area contributed by atoms with Crippen molar-refractivity contribution < 1.29 is 59.3 Å². The van der Waals surface area contributed by atoms with Crippen molar-refractivity contribution in [3.8, 4) is 0 Å². The molecule has 1 atom stereocenters. The molecule has 2 saturated heterocycles. The minimum Gasteiger partial charge on any atom is -0.475 e. The summed E-state index contributed by atoms with van der Waals surface area (Å²) < 4.78 is 96.2. The van der Waals surface area contributed by atoms with Crippen molar-refractivity contribution in [2.24, 2.45) is 0 Å². The topological polar surface area (TPSA) is 147 Å². The Kier molecular flexibility index (Phi) is 10.7. The van der Waals surface area contributed by atoms with Gasteiger partial charge in [-0.05, 0) is 36.2 Å². The number of aromatic nitrogens is 2. The summed E-state index contributed by atoms with van der Waals surface area (Å²) in [5.41, 5.74) is 1.11. The van der Waals surface area contributed by atoms with Crippen LogP contribution in [0, 0.1) is 0 Å². The van der Waals surface area contributed by atoms with Gasteiger partial charge < -0.3 is 14.9 Å². The van der Waals surface area contributed by atoms with Crippen molar-refractivity contribution in [1.29, 1.82) is 0 Å². The molecule has 2 aromatic heterocycles. The summed E-state index contributed by atoms with van der Waals surface area (Å²) in [5, 5.41) is 14.2. The molecule has 1 unspecified atom stereocenters. The molecule has 0 saturated carbocycles. The number of aliphatic carboxylic acids is 2. The number of ether oxygens (including phenoxy) is 1. The number of nitrogens with zero attached hydrogens (tertiary/aromatic N) is 3. The van der Waals surface area contributed by atoms with Gasteiger partial charge in [0.2, 0.25) is 10.0 Å². The molecule has 0 aliphatic carbocycles. The second-order valence-electron chi connectivity index (χ2n) is 8.05. The number of alkyl halides is 6. The first kappa shape index (κ1) is 32.3. The molecule has 0 radical (unpaired) electrons. The number of carbonyl (C=O) groups is 2. The molecule has 1 spiro atoms. The lowest BCUT2D eigenvalue weighted by atomic mass is 9.95. The van der Waals surface area contributed by atoms with E-state index in [1.165, 1.54) is 6.20 Å². The van der Waals surface area contributed by atoms with E-state index < -0.39 is 34.3 Å². The second kappa shape index (κ2) is 12.9. The van der Waals surface area contributed by atoms with Crippen LogP contribution in [0.4, 0.5) is 26.3 Å². The summed E-state index contributed by atoms with van der Waals surface area (Å²) in [7, 11) is -3.43. The number of sulfonamides is 1. The molecular weight excluding hydrogens is 584 g/mol.